The van der Waals surface area contributed by atoms with Crippen molar-refractivity contribution >= 4 is 5.91 Å². The molecule has 0 saturated heterocycles. The summed E-state index contributed by atoms with van der Waals surface area (Å²) >= 11 is 0. The summed E-state index contributed by atoms with van der Waals surface area (Å²) in [4.78, 5) is 14.1. The summed E-state index contributed by atoms with van der Waals surface area (Å²) in [6, 6.07) is 8.68. The van der Waals surface area contributed by atoms with Crippen LogP contribution in [0.4, 0.5) is 0 Å². The first-order valence-electron chi connectivity index (χ1n) is 6.63. The molecule has 1 aromatic rings. The van der Waals surface area contributed by atoms with Crippen molar-refractivity contribution in [1.82, 2.24) is 10.2 Å². The average Bonchev–Trinajstić information content (AvgIpc) is 3.15. The van der Waals surface area contributed by atoms with Crippen LogP contribution in [0.15, 0.2) is 24.3 Å². The summed E-state index contributed by atoms with van der Waals surface area (Å²) < 4.78 is 0. The van der Waals surface area contributed by atoms with E-state index in [1.807, 2.05) is 26.1 Å². The molecule has 1 N–H and O–H groups in total. The van der Waals surface area contributed by atoms with Crippen molar-refractivity contribution in [3.63, 3.8) is 0 Å². The Labute approximate surface area is 109 Å². The van der Waals surface area contributed by atoms with E-state index >= 15 is 0 Å². The lowest BCUT2D eigenvalue weighted by atomic mass is 10.1. The van der Waals surface area contributed by atoms with E-state index in [1.54, 1.807) is 0 Å². The predicted molar refractivity (Wildman–Crippen MR) is 73.3 cm³/mol. The van der Waals surface area contributed by atoms with Crippen LogP contribution in [0.1, 0.15) is 30.9 Å². The first-order valence-corrected chi connectivity index (χ1v) is 6.63. The van der Waals surface area contributed by atoms with Gasteiger partial charge in [-0.2, -0.15) is 0 Å². The molecule has 0 unspecified atom stereocenters. The van der Waals surface area contributed by atoms with E-state index in [1.165, 1.54) is 11.1 Å². The molecule has 98 valence electrons. The molecule has 0 aromatic heterocycles. The molecule has 18 heavy (non-hydrogen) atoms. The Morgan fingerprint density at radius 1 is 1.44 bits per heavy atom. The molecule has 1 aliphatic carbocycles. The normalized spacial score (nSPS) is 16.7. The minimum absolute atomic E-state index is 0.0785. The van der Waals surface area contributed by atoms with Crippen LogP contribution in [0, 0.1) is 6.92 Å². The van der Waals surface area contributed by atoms with Crippen molar-refractivity contribution in [2.45, 2.75) is 45.3 Å². The molecule has 1 aromatic carbocycles. The lowest BCUT2D eigenvalue weighted by Gasteiger charge is -2.24. The maximum absolute atomic E-state index is 12.0. The van der Waals surface area contributed by atoms with Crippen molar-refractivity contribution < 1.29 is 4.79 Å². The van der Waals surface area contributed by atoms with Gasteiger partial charge in [-0.1, -0.05) is 24.3 Å². The highest BCUT2D eigenvalue weighted by Gasteiger charge is 2.27. The van der Waals surface area contributed by atoms with E-state index in [0.717, 1.165) is 19.4 Å². The van der Waals surface area contributed by atoms with E-state index in [2.05, 4.69) is 29.3 Å². The molecule has 1 saturated carbocycles. The SMILES string of the molecule is Cc1ccccc1CN(C)[C@@H](C)C(=O)NC1CC1. The van der Waals surface area contributed by atoms with E-state index in [4.69, 9.17) is 0 Å². The number of hydrogen-bond acceptors (Lipinski definition) is 2. The minimum atomic E-state index is -0.0785. The van der Waals surface area contributed by atoms with Gasteiger partial charge in [0.1, 0.15) is 0 Å². The first kappa shape index (κ1) is 13.1. The van der Waals surface area contributed by atoms with Gasteiger partial charge in [-0.25, -0.2) is 0 Å². The lowest BCUT2D eigenvalue weighted by molar-refractivity contribution is -0.125. The molecule has 0 bridgehead atoms. The van der Waals surface area contributed by atoms with Crippen LogP contribution in [0.2, 0.25) is 0 Å². The molecular weight excluding hydrogens is 224 g/mol. The second-order valence-corrected chi connectivity index (χ2v) is 5.30. The van der Waals surface area contributed by atoms with E-state index in [0.29, 0.717) is 6.04 Å². The standard InChI is InChI=1S/C15H22N2O/c1-11-6-4-5-7-13(11)10-17(3)12(2)15(18)16-14-8-9-14/h4-7,12,14H,8-10H2,1-3H3,(H,16,18)/t12-/m0/s1. The van der Waals surface area contributed by atoms with Gasteiger partial charge in [0.25, 0.3) is 0 Å². The van der Waals surface area contributed by atoms with E-state index in [-0.39, 0.29) is 11.9 Å². The Bertz CT molecular complexity index is 426. The highest BCUT2D eigenvalue weighted by Crippen LogP contribution is 2.19. The molecule has 0 heterocycles. The highest BCUT2D eigenvalue weighted by molar-refractivity contribution is 5.81. The van der Waals surface area contributed by atoms with Gasteiger partial charge in [0, 0.05) is 12.6 Å². The van der Waals surface area contributed by atoms with Crippen molar-refractivity contribution in [3.05, 3.63) is 35.4 Å². The van der Waals surface area contributed by atoms with E-state index in [9.17, 15) is 4.79 Å². The fourth-order valence-electron chi connectivity index (χ4n) is 1.94. The Morgan fingerprint density at radius 2 is 2.11 bits per heavy atom. The number of amides is 1. The number of likely N-dealkylation sites (N-methyl/N-ethyl adjacent to an activating group) is 1. The lowest BCUT2D eigenvalue weighted by Crippen LogP contribution is -2.43. The number of benzene rings is 1. The second kappa shape index (κ2) is 5.53. The van der Waals surface area contributed by atoms with Crippen LogP contribution >= 0.6 is 0 Å². The summed E-state index contributed by atoms with van der Waals surface area (Å²) in [7, 11) is 2.00. The van der Waals surface area contributed by atoms with Crippen LogP contribution in [0.25, 0.3) is 0 Å². The summed E-state index contributed by atoms with van der Waals surface area (Å²) in [6.07, 6.45) is 2.28. The van der Waals surface area contributed by atoms with Gasteiger partial charge in [0.05, 0.1) is 6.04 Å². The Hall–Kier alpha value is -1.35. The topological polar surface area (TPSA) is 32.3 Å². The number of nitrogens with zero attached hydrogens (tertiary/aromatic N) is 1. The van der Waals surface area contributed by atoms with Crippen LogP contribution < -0.4 is 5.32 Å². The van der Waals surface area contributed by atoms with Gasteiger partial charge in [0.15, 0.2) is 0 Å². The van der Waals surface area contributed by atoms with Crippen LogP contribution in [-0.4, -0.2) is 29.9 Å². The quantitative estimate of drug-likeness (QED) is 0.863. The molecule has 1 atom stereocenters. The molecule has 3 nitrogen and oxygen atoms in total. The van der Waals surface area contributed by atoms with Gasteiger partial charge in [-0.3, -0.25) is 9.69 Å². The summed E-state index contributed by atoms with van der Waals surface area (Å²) in [5.41, 5.74) is 2.56. The van der Waals surface area contributed by atoms with Gasteiger partial charge in [0.2, 0.25) is 5.91 Å². The number of hydrogen-bond donors (Lipinski definition) is 1. The van der Waals surface area contributed by atoms with Gasteiger partial charge in [-0.15, -0.1) is 0 Å². The maximum Gasteiger partial charge on any atom is 0.237 e. The number of nitrogens with one attached hydrogen (secondary N) is 1. The van der Waals surface area contributed by atoms with Gasteiger partial charge < -0.3 is 5.32 Å². The Balaban J connectivity index is 1.92. The molecule has 2 rings (SSSR count). The smallest absolute Gasteiger partial charge is 0.237 e. The Kier molecular flexibility index (Phi) is 4.02. The van der Waals surface area contributed by atoms with Crippen molar-refractivity contribution in [1.29, 1.82) is 0 Å². The average molecular weight is 246 g/mol. The Morgan fingerprint density at radius 3 is 2.72 bits per heavy atom. The fraction of sp³-hybridized carbons (Fsp3) is 0.533. The molecule has 0 aliphatic heterocycles. The van der Waals surface area contributed by atoms with Crippen molar-refractivity contribution in [3.8, 4) is 0 Å². The first-order chi connectivity index (χ1) is 8.58. The zero-order valence-corrected chi connectivity index (χ0v) is 11.4. The zero-order chi connectivity index (χ0) is 13.1. The molecular formula is C15H22N2O. The van der Waals surface area contributed by atoms with Crippen molar-refractivity contribution in [2.24, 2.45) is 0 Å². The van der Waals surface area contributed by atoms with Gasteiger partial charge >= 0.3 is 0 Å². The fourth-order valence-corrected chi connectivity index (χ4v) is 1.94. The number of carbonyl (C=O) groups is 1. The predicted octanol–water partition coefficient (Wildman–Crippen LogP) is 2.09. The number of rotatable bonds is 5. The monoisotopic (exact) mass is 246 g/mol. The minimum Gasteiger partial charge on any atom is -0.352 e. The molecule has 0 spiro atoms. The maximum atomic E-state index is 12.0. The zero-order valence-electron chi connectivity index (χ0n) is 11.4. The summed E-state index contributed by atoms with van der Waals surface area (Å²) in [5.74, 6) is 0.147. The third-order valence-electron chi connectivity index (χ3n) is 3.65. The third kappa shape index (κ3) is 3.33. The summed E-state index contributed by atoms with van der Waals surface area (Å²) in [5, 5.41) is 3.05. The van der Waals surface area contributed by atoms with Gasteiger partial charge in [-0.05, 0) is 44.9 Å². The number of aryl methyl sites for hydroxylation is 1. The third-order valence-corrected chi connectivity index (χ3v) is 3.65. The second-order valence-electron chi connectivity index (χ2n) is 5.30. The molecule has 3 heteroatoms. The molecule has 0 radical (unpaired) electrons. The largest absolute Gasteiger partial charge is 0.352 e. The molecule has 1 aliphatic rings. The number of carbonyl (C=O) groups excluding carboxylic acids is 1. The van der Waals surface area contributed by atoms with Crippen LogP contribution in [0.5, 0.6) is 0 Å². The molecule has 1 amide bonds. The van der Waals surface area contributed by atoms with Crippen LogP contribution in [-0.2, 0) is 11.3 Å². The van der Waals surface area contributed by atoms with E-state index < -0.39 is 0 Å². The highest BCUT2D eigenvalue weighted by atomic mass is 16.2. The van der Waals surface area contributed by atoms with Crippen molar-refractivity contribution in [2.75, 3.05) is 7.05 Å². The summed E-state index contributed by atoms with van der Waals surface area (Å²) in [6.45, 7) is 4.89. The molecule has 1 fully saturated rings. The van der Waals surface area contributed by atoms with Crippen LogP contribution in [0.3, 0.4) is 0 Å².